The van der Waals surface area contributed by atoms with Gasteiger partial charge in [0.15, 0.2) is 0 Å². The molecule has 2 aromatic rings. The maximum atomic E-state index is 6.00. The lowest BCUT2D eigenvalue weighted by Crippen LogP contribution is -1.94. The highest BCUT2D eigenvalue weighted by atomic mass is 35.5. The summed E-state index contributed by atoms with van der Waals surface area (Å²) in [6.45, 7) is 1.88. The van der Waals surface area contributed by atoms with E-state index in [1.165, 1.54) is 0 Å². The number of hydrogen-bond acceptors (Lipinski definition) is 3. The number of nitrogens with two attached hydrogens (primary N) is 1. The van der Waals surface area contributed by atoms with Crippen molar-refractivity contribution in [1.29, 1.82) is 0 Å². The third kappa shape index (κ3) is 2.10. The highest BCUT2D eigenvalue weighted by molar-refractivity contribution is 6.34. The van der Waals surface area contributed by atoms with Gasteiger partial charge in [-0.1, -0.05) is 23.2 Å². The molecule has 0 atom stereocenters. The summed E-state index contributed by atoms with van der Waals surface area (Å²) in [5.74, 6) is 0. The number of hydrogen-bond donors (Lipinski definition) is 1. The number of aryl methyl sites for hydroxylation is 1. The molecule has 5 heteroatoms. The lowest BCUT2D eigenvalue weighted by molar-refractivity contribution is 1.20. The number of nitrogens with zero attached hydrogens (tertiary/aromatic N) is 2. The van der Waals surface area contributed by atoms with E-state index in [-0.39, 0.29) is 0 Å². The Morgan fingerprint density at radius 1 is 1.19 bits per heavy atom. The first-order chi connectivity index (χ1) is 7.58. The monoisotopic (exact) mass is 253 g/mol. The van der Waals surface area contributed by atoms with Gasteiger partial charge in [-0.25, -0.2) is 4.98 Å². The van der Waals surface area contributed by atoms with Crippen molar-refractivity contribution in [1.82, 2.24) is 9.97 Å². The fourth-order valence-corrected chi connectivity index (χ4v) is 1.87. The lowest BCUT2D eigenvalue weighted by Gasteiger charge is -2.07. The molecule has 2 heterocycles. The Morgan fingerprint density at radius 3 is 2.56 bits per heavy atom. The molecule has 16 heavy (non-hydrogen) atoms. The molecule has 0 radical (unpaired) electrons. The molecule has 0 unspecified atom stereocenters. The second-order valence-corrected chi connectivity index (χ2v) is 4.13. The van der Waals surface area contributed by atoms with Gasteiger partial charge >= 0.3 is 0 Å². The van der Waals surface area contributed by atoms with Crippen molar-refractivity contribution in [2.45, 2.75) is 6.92 Å². The normalized spacial score (nSPS) is 10.4. The van der Waals surface area contributed by atoms with E-state index in [0.29, 0.717) is 16.0 Å². The zero-order valence-electron chi connectivity index (χ0n) is 8.54. The van der Waals surface area contributed by atoms with Gasteiger partial charge in [-0.15, -0.1) is 0 Å². The van der Waals surface area contributed by atoms with Crippen molar-refractivity contribution in [3.05, 3.63) is 40.4 Å². The molecule has 2 aromatic heterocycles. The van der Waals surface area contributed by atoms with Crippen molar-refractivity contribution >= 4 is 28.9 Å². The number of halogens is 2. The van der Waals surface area contributed by atoms with E-state index in [2.05, 4.69) is 9.97 Å². The Labute approximate surface area is 103 Å². The summed E-state index contributed by atoms with van der Waals surface area (Å²) in [6.07, 6.45) is 1.68. The van der Waals surface area contributed by atoms with E-state index in [9.17, 15) is 0 Å². The highest BCUT2D eigenvalue weighted by Crippen LogP contribution is 2.31. The topological polar surface area (TPSA) is 51.8 Å². The zero-order valence-corrected chi connectivity index (χ0v) is 10.0. The van der Waals surface area contributed by atoms with E-state index in [1.54, 1.807) is 24.4 Å². The van der Waals surface area contributed by atoms with Crippen molar-refractivity contribution in [3.8, 4) is 11.1 Å². The van der Waals surface area contributed by atoms with Crippen molar-refractivity contribution in [2.75, 3.05) is 5.73 Å². The average Bonchev–Trinajstić information content (AvgIpc) is 2.19. The number of aromatic nitrogens is 2. The molecular weight excluding hydrogens is 245 g/mol. The summed E-state index contributed by atoms with van der Waals surface area (Å²) in [6, 6.07) is 5.24. The maximum absolute atomic E-state index is 6.00. The summed E-state index contributed by atoms with van der Waals surface area (Å²) >= 11 is 11.7. The Hall–Kier alpha value is -1.32. The Bertz CT molecular complexity index is 491. The maximum Gasteiger partial charge on any atom is 0.138 e. The summed E-state index contributed by atoms with van der Waals surface area (Å²) in [7, 11) is 0. The van der Waals surface area contributed by atoms with Gasteiger partial charge in [0.2, 0.25) is 0 Å². The number of rotatable bonds is 1. The molecule has 0 saturated carbocycles. The molecule has 0 aliphatic heterocycles. The van der Waals surface area contributed by atoms with Gasteiger partial charge in [0.1, 0.15) is 10.3 Å². The minimum Gasteiger partial charge on any atom is -0.398 e. The Balaban J connectivity index is 2.59. The van der Waals surface area contributed by atoms with E-state index >= 15 is 0 Å². The molecule has 2 N–H and O–H groups in total. The molecule has 0 bridgehead atoms. The largest absolute Gasteiger partial charge is 0.398 e. The third-order valence-corrected chi connectivity index (χ3v) is 2.68. The predicted molar refractivity (Wildman–Crippen MR) is 66.6 cm³/mol. The van der Waals surface area contributed by atoms with Crippen LogP contribution in [0.1, 0.15) is 5.69 Å². The molecule has 82 valence electrons. The first kappa shape index (κ1) is 11.2. The van der Waals surface area contributed by atoms with Crippen molar-refractivity contribution in [2.24, 2.45) is 0 Å². The van der Waals surface area contributed by atoms with Gasteiger partial charge < -0.3 is 5.73 Å². The fraction of sp³-hybridized carbons (Fsp3) is 0.0909. The van der Waals surface area contributed by atoms with Gasteiger partial charge in [0.25, 0.3) is 0 Å². The second kappa shape index (κ2) is 4.28. The van der Waals surface area contributed by atoms with Crippen LogP contribution in [0.4, 0.5) is 5.69 Å². The number of nitrogen functional groups attached to an aromatic ring is 1. The van der Waals surface area contributed by atoms with E-state index in [1.807, 2.05) is 6.92 Å². The van der Waals surface area contributed by atoms with Gasteiger partial charge in [0, 0.05) is 28.7 Å². The molecule has 0 spiro atoms. The number of pyridine rings is 2. The molecule has 3 nitrogen and oxygen atoms in total. The van der Waals surface area contributed by atoms with E-state index in [0.717, 1.165) is 16.8 Å². The quantitative estimate of drug-likeness (QED) is 0.794. The average molecular weight is 254 g/mol. The van der Waals surface area contributed by atoms with Crippen LogP contribution in [0.2, 0.25) is 10.3 Å². The van der Waals surface area contributed by atoms with Gasteiger partial charge in [-0.3, -0.25) is 4.98 Å². The molecule has 0 fully saturated rings. The van der Waals surface area contributed by atoms with Crippen LogP contribution in [0.5, 0.6) is 0 Å². The molecule has 2 rings (SSSR count). The van der Waals surface area contributed by atoms with Crippen LogP contribution >= 0.6 is 23.2 Å². The minimum atomic E-state index is 0.324. The summed E-state index contributed by atoms with van der Waals surface area (Å²) in [5.41, 5.74) is 8.88. The van der Waals surface area contributed by atoms with E-state index < -0.39 is 0 Å². The SMILES string of the molecule is Cc1cc(N)c(-c2ccc(Cl)nc2Cl)cn1. The smallest absolute Gasteiger partial charge is 0.138 e. The zero-order chi connectivity index (χ0) is 11.7. The molecular formula is C11H9Cl2N3. The van der Waals surface area contributed by atoms with Crippen molar-refractivity contribution < 1.29 is 0 Å². The fourth-order valence-electron chi connectivity index (χ4n) is 1.42. The second-order valence-electron chi connectivity index (χ2n) is 3.39. The molecule has 0 aliphatic carbocycles. The third-order valence-electron chi connectivity index (χ3n) is 2.18. The van der Waals surface area contributed by atoms with Crippen LogP contribution in [0.15, 0.2) is 24.4 Å². The van der Waals surface area contributed by atoms with Crippen molar-refractivity contribution in [3.63, 3.8) is 0 Å². The Kier molecular flexibility index (Phi) is 2.99. The van der Waals surface area contributed by atoms with Crippen LogP contribution in [0, 0.1) is 6.92 Å². The summed E-state index contributed by atoms with van der Waals surface area (Å²) < 4.78 is 0. The molecule has 0 amide bonds. The molecule has 0 saturated heterocycles. The van der Waals surface area contributed by atoms with E-state index in [4.69, 9.17) is 28.9 Å². The van der Waals surface area contributed by atoms with Gasteiger partial charge in [-0.2, -0.15) is 0 Å². The molecule has 0 aliphatic rings. The highest BCUT2D eigenvalue weighted by Gasteiger charge is 2.09. The van der Waals surface area contributed by atoms with Crippen LogP contribution in [0.3, 0.4) is 0 Å². The minimum absolute atomic E-state index is 0.324. The summed E-state index contributed by atoms with van der Waals surface area (Å²) in [5, 5.41) is 0.678. The summed E-state index contributed by atoms with van der Waals surface area (Å²) in [4.78, 5) is 8.14. The first-order valence-corrected chi connectivity index (χ1v) is 5.38. The van der Waals surface area contributed by atoms with Gasteiger partial charge in [-0.05, 0) is 25.1 Å². The Morgan fingerprint density at radius 2 is 1.94 bits per heavy atom. The van der Waals surface area contributed by atoms with Crippen LogP contribution in [-0.2, 0) is 0 Å². The van der Waals surface area contributed by atoms with Crippen LogP contribution in [0.25, 0.3) is 11.1 Å². The standard InChI is InChI=1S/C11H9Cl2N3/c1-6-4-9(14)8(5-15-6)7-2-3-10(12)16-11(7)13/h2-5H,1H3,(H2,14,15). The number of anilines is 1. The van der Waals surface area contributed by atoms with Crippen LogP contribution < -0.4 is 5.73 Å². The van der Waals surface area contributed by atoms with Gasteiger partial charge in [0.05, 0.1) is 0 Å². The van der Waals surface area contributed by atoms with Crippen LogP contribution in [-0.4, -0.2) is 9.97 Å². The lowest BCUT2D eigenvalue weighted by atomic mass is 10.1. The first-order valence-electron chi connectivity index (χ1n) is 4.62. The predicted octanol–water partition coefficient (Wildman–Crippen LogP) is 3.34. The molecule has 0 aromatic carbocycles.